The minimum atomic E-state index is 0.570. The van der Waals surface area contributed by atoms with E-state index >= 15 is 0 Å². The van der Waals surface area contributed by atoms with Gasteiger partial charge < -0.3 is 20.5 Å². The van der Waals surface area contributed by atoms with Crippen molar-refractivity contribution in [1.29, 1.82) is 5.41 Å². The summed E-state index contributed by atoms with van der Waals surface area (Å²) in [5.41, 5.74) is 1.66. The van der Waals surface area contributed by atoms with E-state index in [9.17, 15) is 0 Å². The van der Waals surface area contributed by atoms with Crippen LogP contribution in [0.25, 0.3) is 0 Å². The van der Waals surface area contributed by atoms with Gasteiger partial charge in [0.2, 0.25) is 0 Å². The SMILES string of the molecule is CN1CCN(c2ncnc(NCc3ccccn3)c2C=N)CC1. The smallest absolute Gasteiger partial charge is 0.143 e. The quantitative estimate of drug-likeness (QED) is 0.809. The number of hydrogen-bond acceptors (Lipinski definition) is 7. The van der Waals surface area contributed by atoms with Gasteiger partial charge in [0.05, 0.1) is 17.8 Å². The molecule has 0 unspecified atom stereocenters. The van der Waals surface area contributed by atoms with Crippen molar-refractivity contribution in [1.82, 2.24) is 19.9 Å². The van der Waals surface area contributed by atoms with E-state index in [4.69, 9.17) is 5.41 Å². The molecule has 7 nitrogen and oxygen atoms in total. The minimum absolute atomic E-state index is 0.570. The normalized spacial score (nSPS) is 15.4. The molecule has 120 valence electrons. The number of nitrogens with one attached hydrogen (secondary N) is 2. The van der Waals surface area contributed by atoms with Gasteiger partial charge in [-0.2, -0.15) is 0 Å². The Kier molecular flexibility index (Phi) is 4.77. The standard InChI is InChI=1S/C16H21N7/c1-22-6-8-23(9-7-22)16-14(10-17)15(20-12-21-16)19-11-13-4-2-3-5-18-13/h2-5,10,12,17H,6-9,11H2,1H3,(H,19,20,21). The summed E-state index contributed by atoms with van der Waals surface area (Å²) in [6.45, 7) is 4.39. The Hall–Kier alpha value is -2.54. The maximum atomic E-state index is 7.77. The van der Waals surface area contributed by atoms with Gasteiger partial charge >= 0.3 is 0 Å². The van der Waals surface area contributed by atoms with Crippen LogP contribution in [0.5, 0.6) is 0 Å². The summed E-state index contributed by atoms with van der Waals surface area (Å²) in [5, 5.41) is 11.0. The molecule has 3 rings (SSSR count). The lowest BCUT2D eigenvalue weighted by Crippen LogP contribution is -2.45. The number of anilines is 2. The molecule has 1 fully saturated rings. The third-order valence-corrected chi connectivity index (χ3v) is 3.97. The van der Waals surface area contributed by atoms with Crippen LogP contribution in [0.1, 0.15) is 11.3 Å². The second-order valence-electron chi connectivity index (χ2n) is 5.57. The Labute approximate surface area is 135 Å². The van der Waals surface area contributed by atoms with Crippen molar-refractivity contribution in [2.24, 2.45) is 0 Å². The van der Waals surface area contributed by atoms with Gasteiger partial charge in [-0.1, -0.05) is 6.07 Å². The molecule has 7 heteroatoms. The summed E-state index contributed by atoms with van der Waals surface area (Å²) < 4.78 is 0. The highest BCUT2D eigenvalue weighted by molar-refractivity contribution is 5.90. The summed E-state index contributed by atoms with van der Waals surface area (Å²) in [4.78, 5) is 17.5. The van der Waals surface area contributed by atoms with E-state index in [-0.39, 0.29) is 0 Å². The van der Waals surface area contributed by atoms with Crippen LogP contribution in [0.2, 0.25) is 0 Å². The number of aromatic nitrogens is 3. The lowest BCUT2D eigenvalue weighted by atomic mass is 10.2. The van der Waals surface area contributed by atoms with E-state index in [0.29, 0.717) is 12.4 Å². The van der Waals surface area contributed by atoms with Crippen molar-refractivity contribution in [3.05, 3.63) is 42.0 Å². The molecular formula is C16H21N7. The highest BCUT2D eigenvalue weighted by atomic mass is 15.3. The Morgan fingerprint density at radius 1 is 1.17 bits per heavy atom. The Morgan fingerprint density at radius 2 is 2.00 bits per heavy atom. The van der Waals surface area contributed by atoms with Crippen molar-refractivity contribution in [2.45, 2.75) is 6.54 Å². The van der Waals surface area contributed by atoms with Crippen LogP contribution in [0, 0.1) is 5.41 Å². The summed E-state index contributed by atoms with van der Waals surface area (Å²) in [5.74, 6) is 1.50. The van der Waals surface area contributed by atoms with E-state index < -0.39 is 0 Å². The van der Waals surface area contributed by atoms with E-state index in [1.807, 2.05) is 18.2 Å². The fraction of sp³-hybridized carbons (Fsp3) is 0.375. The summed E-state index contributed by atoms with van der Waals surface area (Å²) in [6.07, 6.45) is 4.65. The predicted molar refractivity (Wildman–Crippen MR) is 91.2 cm³/mol. The highest BCUT2D eigenvalue weighted by Gasteiger charge is 2.19. The highest BCUT2D eigenvalue weighted by Crippen LogP contribution is 2.22. The monoisotopic (exact) mass is 311 g/mol. The number of piperazine rings is 1. The van der Waals surface area contributed by atoms with Crippen molar-refractivity contribution in [3.63, 3.8) is 0 Å². The molecule has 1 aliphatic rings. The van der Waals surface area contributed by atoms with Crippen LogP contribution in [0.4, 0.5) is 11.6 Å². The van der Waals surface area contributed by atoms with Crippen LogP contribution >= 0.6 is 0 Å². The Balaban J connectivity index is 1.78. The molecule has 2 aromatic rings. The average Bonchev–Trinajstić information content (AvgIpc) is 2.61. The first kappa shape index (κ1) is 15.4. The molecule has 2 aromatic heterocycles. The minimum Gasteiger partial charge on any atom is -0.364 e. The van der Waals surface area contributed by atoms with Crippen molar-refractivity contribution in [2.75, 3.05) is 43.4 Å². The molecule has 23 heavy (non-hydrogen) atoms. The van der Waals surface area contributed by atoms with Crippen molar-refractivity contribution < 1.29 is 0 Å². The molecule has 0 spiro atoms. The van der Waals surface area contributed by atoms with Crippen LogP contribution in [-0.4, -0.2) is 59.3 Å². The molecule has 0 saturated carbocycles. The van der Waals surface area contributed by atoms with Crippen molar-refractivity contribution in [3.8, 4) is 0 Å². The second kappa shape index (κ2) is 7.15. The zero-order chi connectivity index (χ0) is 16.1. The first-order valence-corrected chi connectivity index (χ1v) is 7.70. The molecule has 0 amide bonds. The van der Waals surface area contributed by atoms with Crippen LogP contribution in [0.15, 0.2) is 30.7 Å². The lowest BCUT2D eigenvalue weighted by Gasteiger charge is -2.34. The lowest BCUT2D eigenvalue weighted by molar-refractivity contribution is 0.312. The van der Waals surface area contributed by atoms with Crippen LogP contribution in [-0.2, 0) is 6.54 Å². The molecule has 1 saturated heterocycles. The van der Waals surface area contributed by atoms with Crippen molar-refractivity contribution >= 4 is 17.9 Å². The van der Waals surface area contributed by atoms with Gasteiger partial charge in [0, 0.05) is 38.6 Å². The maximum absolute atomic E-state index is 7.77. The first-order chi connectivity index (χ1) is 11.3. The molecule has 2 N–H and O–H groups in total. The molecule has 1 aliphatic heterocycles. The fourth-order valence-corrected chi connectivity index (χ4v) is 2.61. The molecule has 0 aromatic carbocycles. The molecule has 0 bridgehead atoms. The molecular weight excluding hydrogens is 290 g/mol. The number of rotatable bonds is 5. The van der Waals surface area contributed by atoms with Gasteiger partial charge in [-0.25, -0.2) is 9.97 Å². The Morgan fingerprint density at radius 3 is 2.70 bits per heavy atom. The molecule has 0 radical (unpaired) electrons. The molecule has 0 atom stereocenters. The predicted octanol–water partition coefficient (Wildman–Crippen LogP) is 1.23. The van der Waals surface area contributed by atoms with Crippen LogP contribution in [0.3, 0.4) is 0 Å². The number of hydrogen-bond donors (Lipinski definition) is 2. The zero-order valence-corrected chi connectivity index (χ0v) is 13.2. The number of likely N-dealkylation sites (N-methyl/N-ethyl adjacent to an activating group) is 1. The third-order valence-electron chi connectivity index (χ3n) is 3.97. The van der Waals surface area contributed by atoms with E-state index in [1.165, 1.54) is 6.21 Å². The summed E-state index contributed by atoms with van der Waals surface area (Å²) in [7, 11) is 2.12. The molecule has 0 aliphatic carbocycles. The van der Waals surface area contributed by atoms with Crippen LogP contribution < -0.4 is 10.2 Å². The van der Waals surface area contributed by atoms with Gasteiger partial charge in [0.15, 0.2) is 0 Å². The van der Waals surface area contributed by atoms with E-state index in [0.717, 1.165) is 43.3 Å². The molecule has 3 heterocycles. The summed E-state index contributed by atoms with van der Waals surface area (Å²) >= 11 is 0. The summed E-state index contributed by atoms with van der Waals surface area (Å²) in [6, 6.07) is 5.81. The first-order valence-electron chi connectivity index (χ1n) is 7.70. The number of pyridine rings is 1. The van der Waals surface area contributed by atoms with Gasteiger partial charge in [-0.15, -0.1) is 0 Å². The van der Waals surface area contributed by atoms with E-state index in [2.05, 4.69) is 37.1 Å². The second-order valence-corrected chi connectivity index (χ2v) is 5.57. The van der Waals surface area contributed by atoms with Gasteiger partial charge in [0.1, 0.15) is 18.0 Å². The largest absolute Gasteiger partial charge is 0.364 e. The average molecular weight is 311 g/mol. The topological polar surface area (TPSA) is 81.0 Å². The third kappa shape index (κ3) is 3.62. The fourth-order valence-electron chi connectivity index (χ4n) is 2.61. The number of nitrogens with zero attached hydrogens (tertiary/aromatic N) is 5. The zero-order valence-electron chi connectivity index (χ0n) is 13.2. The van der Waals surface area contributed by atoms with E-state index in [1.54, 1.807) is 12.5 Å². The van der Waals surface area contributed by atoms with Gasteiger partial charge in [-0.3, -0.25) is 4.98 Å². The maximum Gasteiger partial charge on any atom is 0.143 e. The van der Waals surface area contributed by atoms with Gasteiger partial charge in [-0.05, 0) is 19.2 Å². The van der Waals surface area contributed by atoms with Gasteiger partial charge in [0.25, 0.3) is 0 Å². The Bertz CT molecular complexity index is 651.